The summed E-state index contributed by atoms with van der Waals surface area (Å²) < 4.78 is 4.88. The zero-order valence-electron chi connectivity index (χ0n) is 11.0. The highest BCUT2D eigenvalue weighted by Crippen LogP contribution is 2.25. The number of piperidine rings is 1. The van der Waals surface area contributed by atoms with Crippen molar-refractivity contribution in [3.63, 3.8) is 0 Å². The van der Waals surface area contributed by atoms with E-state index in [1.807, 2.05) is 24.3 Å². The maximum absolute atomic E-state index is 11.8. The Hall–Kier alpha value is -1.62. The number of thiocarbonyl (C=S) groups is 1. The molecule has 102 valence electrons. The molecule has 2 N–H and O–H groups in total. The molecule has 0 spiro atoms. The van der Waals surface area contributed by atoms with Crippen molar-refractivity contribution in [1.29, 1.82) is 0 Å². The second kappa shape index (κ2) is 6.02. The topological polar surface area (TPSA) is 55.6 Å². The van der Waals surface area contributed by atoms with Crippen LogP contribution in [0, 0.1) is 0 Å². The molecule has 1 aromatic carbocycles. The number of methoxy groups -OCH3 is 1. The molecule has 1 aliphatic rings. The lowest BCUT2D eigenvalue weighted by Gasteiger charge is -2.35. The number of ether oxygens (including phenoxy) is 1. The summed E-state index contributed by atoms with van der Waals surface area (Å²) in [6.45, 7) is 0.867. The van der Waals surface area contributed by atoms with Gasteiger partial charge in [-0.1, -0.05) is 12.2 Å². The van der Waals surface area contributed by atoms with Gasteiger partial charge in [-0.3, -0.25) is 0 Å². The van der Waals surface area contributed by atoms with E-state index in [0.29, 0.717) is 4.99 Å². The number of carbonyl (C=O) groups is 1. The van der Waals surface area contributed by atoms with Gasteiger partial charge in [0.05, 0.1) is 7.11 Å². The van der Waals surface area contributed by atoms with E-state index in [1.54, 1.807) is 0 Å². The zero-order chi connectivity index (χ0) is 13.8. The van der Waals surface area contributed by atoms with Crippen LogP contribution in [0.25, 0.3) is 0 Å². The Morgan fingerprint density at radius 3 is 2.63 bits per heavy atom. The van der Waals surface area contributed by atoms with Gasteiger partial charge in [-0.15, -0.1) is 0 Å². The van der Waals surface area contributed by atoms with Crippen molar-refractivity contribution in [2.75, 3.05) is 18.6 Å². The number of nitrogens with zero attached hydrogens (tertiary/aromatic N) is 1. The molecule has 0 bridgehead atoms. The molecular formula is C14H18N2O2S. The minimum Gasteiger partial charge on any atom is -0.467 e. The highest BCUT2D eigenvalue weighted by atomic mass is 32.1. The Bertz CT molecular complexity index is 473. The fraction of sp³-hybridized carbons (Fsp3) is 0.429. The van der Waals surface area contributed by atoms with Crippen molar-refractivity contribution >= 4 is 28.9 Å². The molecule has 0 saturated carbocycles. The summed E-state index contributed by atoms with van der Waals surface area (Å²) in [5, 5.41) is 0. The van der Waals surface area contributed by atoms with Crippen LogP contribution in [0.3, 0.4) is 0 Å². The summed E-state index contributed by atoms with van der Waals surface area (Å²) >= 11 is 4.94. The molecule has 1 aromatic rings. The molecule has 1 aliphatic heterocycles. The number of hydrogen-bond acceptors (Lipinski definition) is 4. The van der Waals surface area contributed by atoms with Crippen LogP contribution in [0.5, 0.6) is 0 Å². The third kappa shape index (κ3) is 3.04. The average Bonchev–Trinajstić information content (AvgIpc) is 2.46. The number of anilines is 1. The van der Waals surface area contributed by atoms with Crippen LogP contribution < -0.4 is 10.6 Å². The molecule has 0 radical (unpaired) electrons. The monoisotopic (exact) mass is 278 g/mol. The minimum absolute atomic E-state index is 0.168. The summed E-state index contributed by atoms with van der Waals surface area (Å²) in [6, 6.07) is 7.50. The van der Waals surface area contributed by atoms with Crippen molar-refractivity contribution in [3.8, 4) is 0 Å². The molecule has 1 unspecified atom stereocenters. The fourth-order valence-corrected chi connectivity index (χ4v) is 2.57. The van der Waals surface area contributed by atoms with E-state index in [-0.39, 0.29) is 12.0 Å². The summed E-state index contributed by atoms with van der Waals surface area (Å²) in [4.78, 5) is 14.3. The third-order valence-electron chi connectivity index (χ3n) is 3.46. The summed E-state index contributed by atoms with van der Waals surface area (Å²) in [5.41, 5.74) is 7.43. The van der Waals surface area contributed by atoms with Crippen molar-refractivity contribution < 1.29 is 9.53 Å². The van der Waals surface area contributed by atoms with Crippen molar-refractivity contribution in [1.82, 2.24) is 0 Å². The SMILES string of the molecule is COC(=O)C1CCCCN1c1ccc(C(N)=S)cc1. The molecule has 0 aromatic heterocycles. The van der Waals surface area contributed by atoms with Gasteiger partial charge >= 0.3 is 5.97 Å². The first-order valence-corrected chi connectivity index (χ1v) is 6.78. The molecule has 1 heterocycles. The Balaban J connectivity index is 2.22. The lowest BCUT2D eigenvalue weighted by atomic mass is 10.0. The normalized spacial score (nSPS) is 19.0. The smallest absolute Gasteiger partial charge is 0.328 e. The minimum atomic E-state index is -0.186. The molecule has 1 fully saturated rings. The van der Waals surface area contributed by atoms with Gasteiger partial charge in [-0.25, -0.2) is 4.79 Å². The van der Waals surface area contributed by atoms with Gasteiger partial charge in [0, 0.05) is 17.8 Å². The van der Waals surface area contributed by atoms with E-state index < -0.39 is 0 Å². The van der Waals surface area contributed by atoms with Gasteiger partial charge in [0.1, 0.15) is 11.0 Å². The van der Waals surface area contributed by atoms with Crippen molar-refractivity contribution in [3.05, 3.63) is 29.8 Å². The largest absolute Gasteiger partial charge is 0.467 e. The number of carbonyl (C=O) groups excluding carboxylic acids is 1. The standard InChI is InChI=1S/C14H18N2O2S/c1-18-14(17)12-4-2-3-9-16(12)11-7-5-10(6-8-11)13(15)19/h5-8,12H,2-4,9H2,1H3,(H2,15,19). The van der Waals surface area contributed by atoms with Crippen LogP contribution in [-0.4, -0.2) is 30.7 Å². The first-order valence-electron chi connectivity index (χ1n) is 6.38. The first-order chi connectivity index (χ1) is 9.13. The molecular weight excluding hydrogens is 260 g/mol. The lowest BCUT2D eigenvalue weighted by molar-refractivity contribution is -0.142. The van der Waals surface area contributed by atoms with E-state index in [1.165, 1.54) is 7.11 Å². The highest BCUT2D eigenvalue weighted by molar-refractivity contribution is 7.80. The van der Waals surface area contributed by atoms with Crippen LogP contribution in [0.4, 0.5) is 5.69 Å². The van der Waals surface area contributed by atoms with Gasteiger partial charge in [0.25, 0.3) is 0 Å². The number of benzene rings is 1. The second-order valence-corrected chi connectivity index (χ2v) is 5.08. The van der Waals surface area contributed by atoms with Crippen LogP contribution in [0.1, 0.15) is 24.8 Å². The quantitative estimate of drug-likeness (QED) is 0.675. The predicted octanol–water partition coefficient (Wildman–Crippen LogP) is 1.85. The van der Waals surface area contributed by atoms with E-state index in [9.17, 15) is 4.79 Å². The van der Waals surface area contributed by atoms with Gasteiger partial charge < -0.3 is 15.4 Å². The lowest BCUT2D eigenvalue weighted by Crippen LogP contribution is -2.45. The van der Waals surface area contributed by atoms with Crippen LogP contribution in [0.2, 0.25) is 0 Å². The van der Waals surface area contributed by atoms with E-state index in [4.69, 9.17) is 22.7 Å². The van der Waals surface area contributed by atoms with Crippen molar-refractivity contribution in [2.24, 2.45) is 5.73 Å². The highest BCUT2D eigenvalue weighted by Gasteiger charge is 2.29. The molecule has 1 saturated heterocycles. The Labute approximate surface area is 118 Å². The number of esters is 1. The first kappa shape index (κ1) is 13.8. The molecule has 19 heavy (non-hydrogen) atoms. The van der Waals surface area contributed by atoms with Gasteiger partial charge in [0.15, 0.2) is 0 Å². The van der Waals surface area contributed by atoms with Gasteiger partial charge in [-0.05, 0) is 43.5 Å². The Kier molecular flexibility index (Phi) is 4.37. The summed E-state index contributed by atoms with van der Waals surface area (Å²) in [7, 11) is 1.44. The van der Waals surface area contributed by atoms with Gasteiger partial charge in [0.2, 0.25) is 0 Å². The van der Waals surface area contributed by atoms with Crippen molar-refractivity contribution in [2.45, 2.75) is 25.3 Å². The molecule has 2 rings (SSSR count). The second-order valence-electron chi connectivity index (χ2n) is 4.64. The van der Waals surface area contributed by atoms with Crippen LogP contribution >= 0.6 is 12.2 Å². The Morgan fingerprint density at radius 1 is 1.37 bits per heavy atom. The van der Waals surface area contributed by atoms with Crippen LogP contribution in [0.15, 0.2) is 24.3 Å². The summed E-state index contributed by atoms with van der Waals surface area (Å²) in [6.07, 6.45) is 2.98. The van der Waals surface area contributed by atoms with E-state index in [2.05, 4.69) is 4.90 Å². The van der Waals surface area contributed by atoms with Gasteiger partial charge in [-0.2, -0.15) is 0 Å². The average molecular weight is 278 g/mol. The molecule has 0 amide bonds. The number of hydrogen-bond donors (Lipinski definition) is 1. The molecule has 0 aliphatic carbocycles. The molecule has 4 nitrogen and oxygen atoms in total. The maximum atomic E-state index is 11.8. The molecule has 5 heteroatoms. The fourth-order valence-electron chi connectivity index (χ4n) is 2.44. The van der Waals surface area contributed by atoms with Crippen LogP contribution in [-0.2, 0) is 9.53 Å². The third-order valence-corrected chi connectivity index (χ3v) is 3.70. The van der Waals surface area contributed by atoms with E-state index in [0.717, 1.165) is 37.1 Å². The predicted molar refractivity (Wildman–Crippen MR) is 79.3 cm³/mol. The Morgan fingerprint density at radius 2 is 2.05 bits per heavy atom. The number of nitrogens with two attached hydrogens (primary N) is 1. The maximum Gasteiger partial charge on any atom is 0.328 e. The molecule has 1 atom stereocenters. The zero-order valence-corrected chi connectivity index (χ0v) is 11.8. The van der Waals surface area contributed by atoms with E-state index >= 15 is 0 Å². The summed E-state index contributed by atoms with van der Waals surface area (Å²) in [5.74, 6) is -0.168. The number of rotatable bonds is 3.